The Bertz CT molecular complexity index is 273. The van der Waals surface area contributed by atoms with Crippen molar-refractivity contribution in [3.05, 3.63) is 12.4 Å². The van der Waals surface area contributed by atoms with Crippen molar-refractivity contribution in [3.8, 4) is 6.07 Å². The fraction of sp³-hybridized carbons (Fsp3) is 0.429. The summed E-state index contributed by atoms with van der Waals surface area (Å²) in [6, 6.07) is 2.14. The van der Waals surface area contributed by atoms with Gasteiger partial charge in [0.1, 0.15) is 0 Å². The van der Waals surface area contributed by atoms with E-state index in [1.165, 1.54) is 11.8 Å². The molecule has 1 rings (SSSR count). The topological polar surface area (TPSA) is 41.6 Å². The van der Waals surface area contributed by atoms with E-state index in [0.717, 1.165) is 5.16 Å². The lowest BCUT2D eigenvalue weighted by atomic mass is 10.5. The number of rotatable bonds is 2. The molecule has 4 heteroatoms. The summed E-state index contributed by atoms with van der Waals surface area (Å²) < 4.78 is 1.90. The molecule has 0 spiro atoms. The Kier molecular flexibility index (Phi) is 2.55. The minimum atomic E-state index is -0.0314. The average molecular weight is 167 g/mol. The summed E-state index contributed by atoms with van der Waals surface area (Å²) in [7, 11) is 1.92. The van der Waals surface area contributed by atoms with Crippen LogP contribution in [0.2, 0.25) is 0 Å². The number of nitrogens with zero attached hydrogens (tertiary/aromatic N) is 3. The van der Waals surface area contributed by atoms with Crippen LogP contribution in [0, 0.1) is 11.3 Å². The van der Waals surface area contributed by atoms with Crippen molar-refractivity contribution in [2.24, 2.45) is 7.05 Å². The molecule has 58 valence electrons. The van der Waals surface area contributed by atoms with Crippen LogP contribution in [0.3, 0.4) is 0 Å². The highest BCUT2D eigenvalue weighted by atomic mass is 32.2. The fourth-order valence-electron chi connectivity index (χ4n) is 0.650. The third-order valence-corrected chi connectivity index (χ3v) is 2.30. The van der Waals surface area contributed by atoms with E-state index in [9.17, 15) is 0 Å². The molecule has 0 aromatic carbocycles. The first kappa shape index (κ1) is 8.15. The van der Waals surface area contributed by atoms with E-state index in [2.05, 4.69) is 11.1 Å². The third-order valence-electron chi connectivity index (χ3n) is 1.24. The molecule has 0 saturated heterocycles. The molecular formula is C7H9N3S. The minimum Gasteiger partial charge on any atom is -0.329 e. The van der Waals surface area contributed by atoms with Crippen molar-refractivity contribution in [1.82, 2.24) is 9.55 Å². The minimum absolute atomic E-state index is 0.0314. The maximum atomic E-state index is 8.52. The highest BCUT2D eigenvalue weighted by Gasteiger charge is 2.05. The Hall–Kier alpha value is -0.950. The van der Waals surface area contributed by atoms with Gasteiger partial charge in [-0.25, -0.2) is 4.98 Å². The van der Waals surface area contributed by atoms with Crippen LogP contribution in [0.5, 0.6) is 0 Å². The molecule has 0 aliphatic rings. The quantitative estimate of drug-likeness (QED) is 0.625. The first-order valence-corrected chi connectivity index (χ1v) is 4.15. The van der Waals surface area contributed by atoms with Crippen LogP contribution in [-0.4, -0.2) is 14.8 Å². The van der Waals surface area contributed by atoms with Crippen molar-refractivity contribution in [2.45, 2.75) is 17.3 Å². The van der Waals surface area contributed by atoms with Gasteiger partial charge >= 0.3 is 0 Å². The monoisotopic (exact) mass is 167 g/mol. The lowest BCUT2D eigenvalue weighted by Crippen LogP contribution is -1.95. The van der Waals surface area contributed by atoms with Gasteiger partial charge in [-0.05, 0) is 6.92 Å². The fourth-order valence-corrected chi connectivity index (χ4v) is 1.37. The van der Waals surface area contributed by atoms with Gasteiger partial charge in [-0.1, -0.05) is 11.8 Å². The van der Waals surface area contributed by atoms with Crippen LogP contribution < -0.4 is 0 Å². The zero-order chi connectivity index (χ0) is 8.27. The smallest absolute Gasteiger partial charge is 0.168 e. The molecule has 1 unspecified atom stereocenters. The molecule has 0 bridgehead atoms. The highest BCUT2D eigenvalue weighted by molar-refractivity contribution is 8.00. The van der Waals surface area contributed by atoms with E-state index in [0.29, 0.717) is 0 Å². The highest BCUT2D eigenvalue weighted by Crippen LogP contribution is 2.19. The molecule has 0 N–H and O–H groups in total. The van der Waals surface area contributed by atoms with E-state index in [1.54, 1.807) is 6.20 Å². The molecule has 1 atom stereocenters. The summed E-state index contributed by atoms with van der Waals surface area (Å²) in [5.41, 5.74) is 0. The predicted molar refractivity (Wildman–Crippen MR) is 44.1 cm³/mol. The normalized spacial score (nSPS) is 12.5. The van der Waals surface area contributed by atoms with Crippen LogP contribution in [-0.2, 0) is 7.05 Å². The maximum absolute atomic E-state index is 8.52. The summed E-state index contributed by atoms with van der Waals surface area (Å²) in [5.74, 6) is 0. The second-order valence-electron chi connectivity index (χ2n) is 2.21. The van der Waals surface area contributed by atoms with Gasteiger partial charge in [0.15, 0.2) is 5.16 Å². The van der Waals surface area contributed by atoms with Crippen molar-refractivity contribution in [3.63, 3.8) is 0 Å². The zero-order valence-corrected chi connectivity index (χ0v) is 7.30. The summed E-state index contributed by atoms with van der Waals surface area (Å²) in [4.78, 5) is 4.08. The Morgan fingerprint density at radius 1 is 1.82 bits per heavy atom. The summed E-state index contributed by atoms with van der Waals surface area (Å²) in [6.07, 6.45) is 3.60. The molecule has 1 aromatic rings. The number of thioether (sulfide) groups is 1. The van der Waals surface area contributed by atoms with E-state index >= 15 is 0 Å². The Morgan fingerprint density at radius 3 is 3.00 bits per heavy atom. The molecule has 0 saturated carbocycles. The van der Waals surface area contributed by atoms with Gasteiger partial charge in [-0.15, -0.1) is 0 Å². The number of nitriles is 1. The van der Waals surface area contributed by atoms with Crippen LogP contribution in [0.15, 0.2) is 17.6 Å². The largest absolute Gasteiger partial charge is 0.329 e. The molecule has 1 heterocycles. The lowest BCUT2D eigenvalue weighted by molar-refractivity contribution is 0.789. The SMILES string of the molecule is CC(C#N)Sc1nccn1C. The Labute approximate surface area is 70.0 Å². The lowest BCUT2D eigenvalue weighted by Gasteiger charge is -2.00. The van der Waals surface area contributed by atoms with Crippen LogP contribution >= 0.6 is 11.8 Å². The first-order valence-electron chi connectivity index (χ1n) is 3.27. The van der Waals surface area contributed by atoms with Gasteiger partial charge in [0.05, 0.1) is 11.3 Å². The second kappa shape index (κ2) is 3.44. The predicted octanol–water partition coefficient (Wildman–Crippen LogP) is 1.42. The van der Waals surface area contributed by atoms with Crippen LogP contribution in [0.1, 0.15) is 6.92 Å². The number of aryl methyl sites for hydroxylation is 1. The molecule has 0 radical (unpaired) electrons. The van der Waals surface area contributed by atoms with Crippen molar-refractivity contribution >= 4 is 11.8 Å². The molecular weight excluding hydrogens is 158 g/mol. The molecule has 0 aliphatic carbocycles. The molecule has 1 aromatic heterocycles. The van der Waals surface area contributed by atoms with Gasteiger partial charge in [0.2, 0.25) is 0 Å². The van der Waals surface area contributed by atoms with Gasteiger partial charge < -0.3 is 4.57 Å². The summed E-state index contributed by atoms with van der Waals surface area (Å²) in [6.45, 7) is 1.86. The van der Waals surface area contributed by atoms with Gasteiger partial charge in [0.25, 0.3) is 0 Å². The van der Waals surface area contributed by atoms with E-state index in [1.807, 2.05) is 24.7 Å². The summed E-state index contributed by atoms with van der Waals surface area (Å²) >= 11 is 1.47. The standard InChI is InChI=1S/C7H9N3S/c1-6(5-8)11-7-9-3-4-10(7)2/h3-4,6H,1-2H3. The third kappa shape index (κ3) is 1.99. The number of imidazole rings is 1. The molecule has 0 aliphatic heterocycles. The van der Waals surface area contributed by atoms with Crippen molar-refractivity contribution < 1.29 is 0 Å². The Balaban J connectivity index is 2.66. The Morgan fingerprint density at radius 2 is 2.55 bits per heavy atom. The maximum Gasteiger partial charge on any atom is 0.168 e. The number of hydrogen-bond acceptors (Lipinski definition) is 3. The van der Waals surface area contributed by atoms with Gasteiger partial charge in [-0.2, -0.15) is 5.26 Å². The molecule has 3 nitrogen and oxygen atoms in total. The zero-order valence-electron chi connectivity index (χ0n) is 6.48. The average Bonchev–Trinajstić information content (AvgIpc) is 2.37. The molecule has 0 fully saturated rings. The number of hydrogen-bond donors (Lipinski definition) is 0. The molecule has 0 amide bonds. The molecule has 11 heavy (non-hydrogen) atoms. The van der Waals surface area contributed by atoms with Gasteiger partial charge in [-0.3, -0.25) is 0 Å². The number of aromatic nitrogens is 2. The summed E-state index contributed by atoms with van der Waals surface area (Å²) in [5, 5.41) is 9.37. The van der Waals surface area contributed by atoms with Crippen LogP contribution in [0.25, 0.3) is 0 Å². The first-order chi connectivity index (χ1) is 5.24. The van der Waals surface area contributed by atoms with E-state index in [4.69, 9.17) is 5.26 Å². The van der Waals surface area contributed by atoms with Crippen molar-refractivity contribution in [1.29, 1.82) is 5.26 Å². The van der Waals surface area contributed by atoms with Crippen LogP contribution in [0.4, 0.5) is 0 Å². The van der Waals surface area contributed by atoms with Crippen molar-refractivity contribution in [2.75, 3.05) is 0 Å². The van der Waals surface area contributed by atoms with E-state index < -0.39 is 0 Å². The second-order valence-corrected chi connectivity index (χ2v) is 3.52. The van der Waals surface area contributed by atoms with Gasteiger partial charge in [0, 0.05) is 19.4 Å². The van der Waals surface area contributed by atoms with E-state index in [-0.39, 0.29) is 5.25 Å².